The van der Waals surface area contributed by atoms with E-state index in [0.29, 0.717) is 13.0 Å². The van der Waals surface area contributed by atoms with Crippen LogP contribution in [0, 0.1) is 5.92 Å². The Morgan fingerprint density at radius 1 is 1.46 bits per heavy atom. The third-order valence-electron chi connectivity index (χ3n) is 3.43. The number of amides is 1. The first-order valence-corrected chi connectivity index (χ1v) is 7.14. The van der Waals surface area contributed by atoms with Crippen LogP contribution in [-0.2, 0) is 14.3 Å². The Hall–Kier alpha value is -2.16. The molecule has 5 nitrogen and oxygen atoms in total. The zero-order chi connectivity index (χ0) is 18.3. The molecular formula is C15H18F4N2O3. The minimum atomic E-state index is -1.68. The fourth-order valence-electron chi connectivity index (χ4n) is 2.04. The number of hydrogen-bond donors (Lipinski definition) is 2. The maximum Gasteiger partial charge on any atom is 0.223 e. The molecule has 1 aliphatic heterocycles. The van der Waals surface area contributed by atoms with E-state index in [-0.39, 0.29) is 24.3 Å². The molecule has 0 spiro atoms. The summed E-state index contributed by atoms with van der Waals surface area (Å²) in [4.78, 5) is 23.2. The number of carbonyl (C=O) groups excluding carboxylic acids is 2. The molecule has 1 amide bonds. The first kappa shape index (κ1) is 19.9. The zero-order valence-electron chi connectivity index (χ0n) is 13.0. The number of hydrogen-bond acceptors (Lipinski definition) is 4. The van der Waals surface area contributed by atoms with E-state index in [1.54, 1.807) is 0 Å². The lowest BCUT2D eigenvalue weighted by Gasteiger charge is -2.14. The molecule has 0 aromatic carbocycles. The molecule has 134 valence electrons. The molecule has 0 aromatic rings. The summed E-state index contributed by atoms with van der Waals surface area (Å²) < 4.78 is 55.7. The summed E-state index contributed by atoms with van der Waals surface area (Å²) in [7, 11) is 0. The molecule has 9 heteroatoms. The molecule has 0 aromatic heterocycles. The van der Waals surface area contributed by atoms with E-state index in [1.165, 1.54) is 0 Å². The predicted molar refractivity (Wildman–Crippen MR) is 78.0 cm³/mol. The molecular weight excluding hydrogens is 332 g/mol. The van der Waals surface area contributed by atoms with Gasteiger partial charge in [-0.1, -0.05) is 0 Å². The van der Waals surface area contributed by atoms with Gasteiger partial charge in [-0.25, -0.2) is 17.6 Å². The van der Waals surface area contributed by atoms with Crippen molar-refractivity contribution in [2.45, 2.75) is 25.8 Å². The van der Waals surface area contributed by atoms with Crippen molar-refractivity contribution in [1.82, 2.24) is 5.32 Å². The molecule has 0 bridgehead atoms. The first-order valence-electron chi connectivity index (χ1n) is 7.14. The molecule has 1 fully saturated rings. The standard InChI is InChI=1S/C15H18F4N2O3/c1-8(14(19)11(18)5-10(17)6-16)24-7-13(22)12(20)4-9-2-3-21-15(9)23/h5-6,9,12H,2-4,7,20H2,1H3,(H,21,23)/b10-6-,11-5+,14-8-. The molecule has 0 radical (unpaired) electrons. The Morgan fingerprint density at radius 3 is 2.67 bits per heavy atom. The highest BCUT2D eigenvalue weighted by molar-refractivity contribution is 5.87. The van der Waals surface area contributed by atoms with Crippen molar-refractivity contribution in [1.29, 1.82) is 0 Å². The number of rotatable bonds is 8. The van der Waals surface area contributed by atoms with Gasteiger partial charge < -0.3 is 15.8 Å². The van der Waals surface area contributed by atoms with Gasteiger partial charge in [-0.15, -0.1) is 0 Å². The molecule has 0 saturated carbocycles. The van der Waals surface area contributed by atoms with Crippen LogP contribution in [0.3, 0.4) is 0 Å². The summed E-state index contributed by atoms with van der Waals surface area (Å²) in [6.07, 6.45) is 0.150. The Morgan fingerprint density at radius 2 is 2.12 bits per heavy atom. The second-order valence-corrected chi connectivity index (χ2v) is 5.23. The smallest absolute Gasteiger partial charge is 0.223 e. The van der Waals surface area contributed by atoms with E-state index in [9.17, 15) is 27.2 Å². The summed E-state index contributed by atoms with van der Waals surface area (Å²) >= 11 is 0. The highest BCUT2D eigenvalue weighted by atomic mass is 19.2. The highest BCUT2D eigenvalue weighted by Gasteiger charge is 2.28. The number of ketones is 1. The van der Waals surface area contributed by atoms with Crippen molar-refractivity contribution in [3.8, 4) is 0 Å². The van der Waals surface area contributed by atoms with E-state index in [2.05, 4.69) is 5.32 Å². The van der Waals surface area contributed by atoms with Crippen molar-refractivity contribution < 1.29 is 31.9 Å². The van der Waals surface area contributed by atoms with Gasteiger partial charge in [0.05, 0.1) is 6.04 Å². The number of halogens is 4. The fourth-order valence-corrected chi connectivity index (χ4v) is 2.04. The summed E-state index contributed by atoms with van der Waals surface area (Å²) in [5, 5.41) is 2.61. The molecule has 1 heterocycles. The van der Waals surface area contributed by atoms with Gasteiger partial charge in [0.15, 0.2) is 23.3 Å². The molecule has 24 heavy (non-hydrogen) atoms. The van der Waals surface area contributed by atoms with Crippen molar-refractivity contribution in [2.24, 2.45) is 11.7 Å². The minimum Gasteiger partial charge on any atom is -0.487 e. The van der Waals surface area contributed by atoms with Gasteiger partial charge >= 0.3 is 0 Å². The van der Waals surface area contributed by atoms with Crippen LogP contribution in [0.4, 0.5) is 17.6 Å². The average molecular weight is 350 g/mol. The summed E-state index contributed by atoms with van der Waals surface area (Å²) in [5.74, 6) is -6.62. The number of nitrogens with two attached hydrogens (primary N) is 1. The largest absolute Gasteiger partial charge is 0.487 e. The van der Waals surface area contributed by atoms with E-state index < -0.39 is 48.0 Å². The first-order chi connectivity index (χ1) is 11.3. The number of ether oxygens (including phenoxy) is 1. The van der Waals surface area contributed by atoms with Crippen LogP contribution in [0.5, 0.6) is 0 Å². The molecule has 1 rings (SSSR count). The molecule has 1 saturated heterocycles. The number of Topliss-reactive ketones (excluding diaryl/α,β-unsaturated/α-hetero) is 1. The van der Waals surface area contributed by atoms with E-state index in [4.69, 9.17) is 10.5 Å². The SMILES string of the molecule is C\C(OCC(=O)C(N)CC1CCNC1=O)=C(F)/C(F)=C\C(F)=C\F. The van der Waals surface area contributed by atoms with Crippen LogP contribution in [0.2, 0.25) is 0 Å². The van der Waals surface area contributed by atoms with Crippen molar-refractivity contribution in [3.05, 3.63) is 35.6 Å². The predicted octanol–water partition coefficient (Wildman–Crippen LogP) is 2.26. The van der Waals surface area contributed by atoms with Gasteiger partial charge in [-0.05, 0) is 19.8 Å². The van der Waals surface area contributed by atoms with Gasteiger partial charge in [0.25, 0.3) is 0 Å². The van der Waals surface area contributed by atoms with E-state index in [1.807, 2.05) is 0 Å². The lowest BCUT2D eigenvalue weighted by atomic mass is 9.97. The summed E-state index contributed by atoms with van der Waals surface area (Å²) in [5.41, 5.74) is 5.66. The molecule has 2 atom stereocenters. The van der Waals surface area contributed by atoms with E-state index in [0.717, 1.165) is 6.92 Å². The Bertz CT molecular complexity index is 587. The van der Waals surface area contributed by atoms with Crippen LogP contribution in [0.25, 0.3) is 0 Å². The number of nitrogens with one attached hydrogen (secondary N) is 1. The fraction of sp³-hybridized carbons (Fsp3) is 0.467. The minimum absolute atomic E-state index is 0.00550. The maximum absolute atomic E-state index is 13.5. The number of allylic oxidation sites excluding steroid dienone is 5. The normalized spacial score (nSPS) is 21.2. The monoisotopic (exact) mass is 350 g/mol. The quantitative estimate of drug-likeness (QED) is 0.400. The van der Waals surface area contributed by atoms with Gasteiger partial charge in [0, 0.05) is 18.5 Å². The zero-order valence-corrected chi connectivity index (χ0v) is 13.0. The Kier molecular flexibility index (Phi) is 7.63. The van der Waals surface area contributed by atoms with Gasteiger partial charge in [-0.2, -0.15) is 0 Å². The highest BCUT2D eigenvalue weighted by Crippen LogP contribution is 2.21. The Balaban J connectivity index is 2.57. The van der Waals surface area contributed by atoms with E-state index >= 15 is 0 Å². The van der Waals surface area contributed by atoms with Gasteiger partial charge in [0.2, 0.25) is 5.91 Å². The summed E-state index contributed by atoms with van der Waals surface area (Å²) in [6, 6.07) is -0.984. The van der Waals surface area contributed by atoms with Crippen molar-refractivity contribution >= 4 is 11.7 Å². The molecule has 0 aliphatic carbocycles. The van der Waals surface area contributed by atoms with Crippen LogP contribution in [0.15, 0.2) is 35.6 Å². The second-order valence-electron chi connectivity index (χ2n) is 5.23. The van der Waals surface area contributed by atoms with Crippen LogP contribution < -0.4 is 11.1 Å². The van der Waals surface area contributed by atoms with Gasteiger partial charge in [0.1, 0.15) is 18.7 Å². The van der Waals surface area contributed by atoms with Crippen molar-refractivity contribution in [2.75, 3.05) is 13.2 Å². The summed E-state index contributed by atoms with van der Waals surface area (Å²) in [6.45, 7) is 0.899. The average Bonchev–Trinajstić information content (AvgIpc) is 2.95. The molecule has 2 unspecified atom stereocenters. The second kappa shape index (κ2) is 9.21. The van der Waals surface area contributed by atoms with Gasteiger partial charge in [-0.3, -0.25) is 9.59 Å². The van der Waals surface area contributed by atoms with Crippen LogP contribution in [-0.4, -0.2) is 30.9 Å². The van der Waals surface area contributed by atoms with Crippen LogP contribution in [0.1, 0.15) is 19.8 Å². The third-order valence-corrected chi connectivity index (χ3v) is 3.43. The third kappa shape index (κ3) is 5.80. The van der Waals surface area contributed by atoms with Crippen LogP contribution >= 0.6 is 0 Å². The number of carbonyl (C=O) groups is 2. The molecule has 1 aliphatic rings. The molecule has 3 N–H and O–H groups in total. The lowest BCUT2D eigenvalue weighted by Crippen LogP contribution is -2.36. The lowest BCUT2D eigenvalue weighted by molar-refractivity contribution is -0.125. The maximum atomic E-state index is 13.5. The topological polar surface area (TPSA) is 81.4 Å². The van der Waals surface area contributed by atoms with Crippen molar-refractivity contribution in [3.63, 3.8) is 0 Å². The Labute approximate surface area is 136 Å².